The number of rotatable bonds is 5. The second kappa shape index (κ2) is 10.2. The van der Waals surface area contributed by atoms with Crippen molar-refractivity contribution in [3.8, 4) is 16.9 Å². The molecule has 1 aliphatic rings. The number of halogens is 3. The molecule has 1 aliphatic heterocycles. The lowest BCUT2D eigenvalue weighted by Gasteiger charge is -2.32. The molecule has 0 spiro atoms. The summed E-state index contributed by atoms with van der Waals surface area (Å²) in [4.78, 5) is 21.1. The molecule has 1 aromatic heterocycles. The van der Waals surface area contributed by atoms with E-state index in [4.69, 9.17) is 33.7 Å². The molecule has 1 amide bonds. The van der Waals surface area contributed by atoms with E-state index in [1.54, 1.807) is 19.2 Å². The molecule has 34 heavy (non-hydrogen) atoms. The minimum absolute atomic E-state index is 0.0248. The van der Waals surface area contributed by atoms with Crippen LogP contribution in [-0.2, 0) is 0 Å². The summed E-state index contributed by atoms with van der Waals surface area (Å²) in [5.41, 5.74) is 8.60. The first-order valence-electron chi connectivity index (χ1n) is 10.9. The van der Waals surface area contributed by atoms with E-state index in [-0.39, 0.29) is 16.7 Å². The number of carbonyl (C=O) groups excluding carboxylic acids is 1. The summed E-state index contributed by atoms with van der Waals surface area (Å²) in [5, 5.41) is 0.200. The molecule has 3 aromatic rings. The second-order valence-corrected chi connectivity index (χ2v) is 9.08. The fraction of sp³-hybridized carbons (Fsp3) is 0.280. The molecule has 1 unspecified atom stereocenters. The molecule has 0 saturated carbocycles. The number of pyridine rings is 1. The monoisotopic (exact) mass is 502 g/mol. The zero-order valence-electron chi connectivity index (χ0n) is 18.9. The van der Waals surface area contributed by atoms with Gasteiger partial charge in [0, 0.05) is 54.1 Å². The lowest BCUT2D eigenvalue weighted by molar-refractivity contribution is 0.0664. The highest BCUT2D eigenvalue weighted by atomic mass is 35.5. The number of ether oxygens (including phenoxy) is 1. The van der Waals surface area contributed by atoms with E-state index in [0.29, 0.717) is 21.9 Å². The van der Waals surface area contributed by atoms with Crippen molar-refractivity contribution in [2.75, 3.05) is 39.0 Å². The Morgan fingerprint density at radius 2 is 1.76 bits per heavy atom. The number of anilines is 1. The Morgan fingerprint density at radius 1 is 1.09 bits per heavy atom. The third kappa shape index (κ3) is 5.12. The Kier molecular flexibility index (Phi) is 7.26. The molecule has 178 valence electrons. The Labute approximate surface area is 208 Å². The van der Waals surface area contributed by atoms with Crippen LogP contribution in [0.2, 0.25) is 10.0 Å². The molecule has 2 N–H and O–H groups in total. The number of aromatic nitrogens is 1. The van der Waals surface area contributed by atoms with Crippen LogP contribution in [0.3, 0.4) is 0 Å². The van der Waals surface area contributed by atoms with Gasteiger partial charge in [-0.15, -0.1) is 0 Å². The fourth-order valence-corrected chi connectivity index (χ4v) is 4.55. The van der Waals surface area contributed by atoms with E-state index in [0.717, 1.165) is 37.3 Å². The van der Waals surface area contributed by atoms with Crippen molar-refractivity contribution in [3.05, 3.63) is 75.7 Å². The van der Waals surface area contributed by atoms with Crippen LogP contribution in [0.4, 0.5) is 10.2 Å². The van der Waals surface area contributed by atoms with Gasteiger partial charge in [0.2, 0.25) is 0 Å². The van der Waals surface area contributed by atoms with E-state index in [9.17, 15) is 9.18 Å². The summed E-state index contributed by atoms with van der Waals surface area (Å²) in [5.74, 6) is -0.0561. The molecule has 0 radical (unpaired) electrons. The summed E-state index contributed by atoms with van der Waals surface area (Å²) in [6, 6.07) is 11.7. The Balaban J connectivity index is 1.53. The van der Waals surface area contributed by atoms with Gasteiger partial charge in [-0.2, -0.15) is 0 Å². The molecule has 1 saturated heterocycles. The van der Waals surface area contributed by atoms with Crippen LogP contribution in [0, 0.1) is 5.82 Å². The Morgan fingerprint density at radius 3 is 2.44 bits per heavy atom. The molecule has 4 rings (SSSR count). The van der Waals surface area contributed by atoms with Crippen LogP contribution in [0.25, 0.3) is 11.1 Å². The van der Waals surface area contributed by atoms with E-state index in [2.05, 4.69) is 16.9 Å². The van der Waals surface area contributed by atoms with Crippen LogP contribution in [0.5, 0.6) is 5.75 Å². The van der Waals surface area contributed by atoms with Gasteiger partial charge in [0.1, 0.15) is 11.9 Å². The number of nitrogens with zero attached hydrogens (tertiary/aromatic N) is 3. The summed E-state index contributed by atoms with van der Waals surface area (Å²) in [6.45, 7) is 4.88. The van der Waals surface area contributed by atoms with Crippen LogP contribution in [-0.4, -0.2) is 53.9 Å². The highest BCUT2D eigenvalue weighted by molar-refractivity contribution is 6.36. The lowest BCUT2D eigenvalue weighted by Crippen LogP contribution is -2.47. The van der Waals surface area contributed by atoms with Gasteiger partial charge >= 0.3 is 0 Å². The first-order valence-corrected chi connectivity index (χ1v) is 11.6. The van der Waals surface area contributed by atoms with Gasteiger partial charge < -0.3 is 20.3 Å². The molecule has 9 heteroatoms. The number of nitrogen functional groups attached to an aromatic ring is 1. The summed E-state index contributed by atoms with van der Waals surface area (Å²) in [7, 11) is 2.05. The van der Waals surface area contributed by atoms with Gasteiger partial charge in [0.15, 0.2) is 11.6 Å². The zero-order chi connectivity index (χ0) is 24.4. The number of nitrogens with two attached hydrogens (primary N) is 1. The normalized spacial score (nSPS) is 15.3. The van der Waals surface area contributed by atoms with Crippen LogP contribution < -0.4 is 10.5 Å². The number of amides is 1. The van der Waals surface area contributed by atoms with Crippen molar-refractivity contribution in [2.24, 2.45) is 0 Å². The number of hydrogen-bond donors (Lipinski definition) is 1. The average molecular weight is 503 g/mol. The molecule has 0 bridgehead atoms. The van der Waals surface area contributed by atoms with Crippen molar-refractivity contribution in [1.82, 2.24) is 14.8 Å². The van der Waals surface area contributed by atoms with Crippen molar-refractivity contribution in [2.45, 2.75) is 13.0 Å². The maximum Gasteiger partial charge on any atom is 0.253 e. The predicted molar refractivity (Wildman–Crippen MR) is 133 cm³/mol. The summed E-state index contributed by atoms with van der Waals surface area (Å²) in [6.07, 6.45) is 0.963. The quantitative estimate of drug-likeness (QED) is 0.479. The average Bonchev–Trinajstić information content (AvgIpc) is 2.83. The number of carbonyl (C=O) groups is 1. The number of likely N-dealkylation sites (N-methyl/N-ethyl adjacent to an activating group) is 1. The molecule has 0 aliphatic carbocycles. The van der Waals surface area contributed by atoms with Crippen LogP contribution >= 0.6 is 23.2 Å². The van der Waals surface area contributed by atoms with Crippen molar-refractivity contribution in [1.29, 1.82) is 0 Å². The van der Waals surface area contributed by atoms with Crippen molar-refractivity contribution < 1.29 is 13.9 Å². The lowest BCUT2D eigenvalue weighted by atomic mass is 10.0. The van der Waals surface area contributed by atoms with Crippen LogP contribution in [0.15, 0.2) is 48.7 Å². The van der Waals surface area contributed by atoms with Gasteiger partial charge in [-0.3, -0.25) is 4.79 Å². The topological polar surface area (TPSA) is 71.7 Å². The second-order valence-electron chi connectivity index (χ2n) is 8.30. The number of hydrogen-bond acceptors (Lipinski definition) is 5. The number of piperazine rings is 1. The highest BCUT2D eigenvalue weighted by Gasteiger charge is 2.21. The van der Waals surface area contributed by atoms with Crippen LogP contribution in [0.1, 0.15) is 28.9 Å². The predicted octanol–water partition coefficient (Wildman–Crippen LogP) is 5.30. The molecular weight excluding hydrogens is 478 g/mol. The molecule has 6 nitrogen and oxygen atoms in total. The van der Waals surface area contributed by atoms with Gasteiger partial charge in [0.25, 0.3) is 5.91 Å². The third-order valence-electron chi connectivity index (χ3n) is 5.93. The van der Waals surface area contributed by atoms with Crippen molar-refractivity contribution >= 4 is 34.9 Å². The third-order valence-corrected chi connectivity index (χ3v) is 6.64. The molecular formula is C25H25Cl2FN4O2. The van der Waals surface area contributed by atoms with Crippen molar-refractivity contribution in [3.63, 3.8) is 0 Å². The SMILES string of the molecule is CC(Oc1cc(-c2ccc(C(=O)N3CCN(C)CC3)cc2)cnc1N)c1c(Cl)ccc(F)c1Cl. The highest BCUT2D eigenvalue weighted by Crippen LogP contribution is 2.37. The summed E-state index contributed by atoms with van der Waals surface area (Å²) >= 11 is 12.3. The van der Waals surface area contributed by atoms with Gasteiger partial charge in [-0.1, -0.05) is 35.3 Å². The maximum atomic E-state index is 13.9. The fourth-order valence-electron chi connectivity index (χ4n) is 3.87. The molecule has 1 atom stereocenters. The first-order chi connectivity index (χ1) is 16.2. The maximum absolute atomic E-state index is 13.9. The minimum atomic E-state index is -0.668. The van der Waals surface area contributed by atoms with Gasteiger partial charge in [-0.05, 0) is 49.9 Å². The van der Waals surface area contributed by atoms with E-state index >= 15 is 0 Å². The largest absolute Gasteiger partial charge is 0.482 e. The van der Waals surface area contributed by atoms with E-state index in [1.165, 1.54) is 12.1 Å². The Hall–Kier alpha value is -2.87. The van der Waals surface area contributed by atoms with E-state index in [1.807, 2.05) is 29.2 Å². The first kappa shape index (κ1) is 24.3. The molecule has 1 fully saturated rings. The van der Waals surface area contributed by atoms with E-state index < -0.39 is 11.9 Å². The smallest absolute Gasteiger partial charge is 0.253 e. The molecule has 2 aromatic carbocycles. The minimum Gasteiger partial charge on any atom is -0.482 e. The Bertz CT molecular complexity index is 1200. The summed E-state index contributed by atoms with van der Waals surface area (Å²) < 4.78 is 19.9. The van der Waals surface area contributed by atoms with Gasteiger partial charge in [0.05, 0.1) is 5.02 Å². The standard InChI is InChI=1S/C25H25Cl2FN4O2/c1-15(22-19(26)7-8-20(28)23(22)27)34-21-13-18(14-30-24(21)29)16-3-5-17(6-4-16)25(33)32-11-9-31(2)10-12-32/h3-8,13-15H,9-12H2,1-2H3,(H2,29,30). The van der Waals surface area contributed by atoms with Gasteiger partial charge in [-0.25, -0.2) is 9.37 Å². The molecule has 2 heterocycles. The zero-order valence-corrected chi connectivity index (χ0v) is 20.4. The number of benzene rings is 2.